The smallest absolute Gasteiger partial charge is 0.207 e. The third-order valence-corrected chi connectivity index (χ3v) is 4.00. The Kier molecular flexibility index (Phi) is 5.83. The van der Waals surface area contributed by atoms with Gasteiger partial charge in [-0.15, -0.1) is 0 Å². The number of hydrogen-bond donors (Lipinski definition) is 0. The van der Waals surface area contributed by atoms with E-state index < -0.39 is 11.7 Å². The molecule has 0 radical (unpaired) electrons. The number of benzene rings is 2. The van der Waals surface area contributed by atoms with Gasteiger partial charge in [0.15, 0.2) is 0 Å². The third-order valence-electron chi connectivity index (χ3n) is 4.00. The van der Waals surface area contributed by atoms with Crippen LogP contribution in [-0.4, -0.2) is 0 Å². The molecule has 0 amide bonds. The second kappa shape index (κ2) is 7.68. The second-order valence-corrected chi connectivity index (χ2v) is 6.27. The molecule has 0 nitrogen and oxygen atoms in total. The molecule has 0 aliphatic heterocycles. The van der Waals surface area contributed by atoms with Crippen molar-refractivity contribution < 1.29 is 17.6 Å². The highest BCUT2D eigenvalue weighted by molar-refractivity contribution is 5.59. The van der Waals surface area contributed by atoms with Crippen molar-refractivity contribution in [2.24, 2.45) is 5.92 Å². The molecule has 0 N–H and O–H groups in total. The fraction of sp³-hybridized carbons (Fsp3) is 0.238. The van der Waals surface area contributed by atoms with Crippen molar-refractivity contribution in [3.63, 3.8) is 0 Å². The lowest BCUT2D eigenvalue weighted by Crippen LogP contribution is -2.05. The quantitative estimate of drug-likeness (QED) is 0.417. The number of allylic oxidation sites excluding steroid dienone is 2. The minimum atomic E-state index is -4.34. The van der Waals surface area contributed by atoms with Gasteiger partial charge in [0.05, 0.1) is 5.56 Å². The lowest BCUT2D eigenvalue weighted by atomic mass is 9.90. The van der Waals surface area contributed by atoms with E-state index in [4.69, 9.17) is 0 Å². The zero-order valence-electron chi connectivity index (χ0n) is 14.2. The molecule has 0 aliphatic carbocycles. The van der Waals surface area contributed by atoms with Crippen molar-refractivity contribution in [1.82, 2.24) is 0 Å². The summed E-state index contributed by atoms with van der Waals surface area (Å²) in [5, 5.41) is 0. The van der Waals surface area contributed by atoms with Gasteiger partial charge in [0.25, 0.3) is 0 Å². The topological polar surface area (TPSA) is 0 Å². The summed E-state index contributed by atoms with van der Waals surface area (Å²) in [7, 11) is 0. The summed E-state index contributed by atoms with van der Waals surface area (Å²) in [5.41, 5.74) is 2.75. The van der Waals surface area contributed by atoms with Crippen LogP contribution in [0.5, 0.6) is 0 Å². The molecule has 2 rings (SSSR count). The Labute approximate surface area is 145 Å². The predicted molar refractivity (Wildman–Crippen MR) is 93.5 cm³/mol. The molecular weight excluding hydrogens is 328 g/mol. The summed E-state index contributed by atoms with van der Waals surface area (Å²) in [5.74, 6) is -0.120. The third kappa shape index (κ3) is 5.31. The van der Waals surface area contributed by atoms with E-state index in [2.05, 4.69) is 6.58 Å². The molecule has 0 spiro atoms. The van der Waals surface area contributed by atoms with Gasteiger partial charge in [-0.1, -0.05) is 50.8 Å². The Balaban J connectivity index is 2.30. The molecule has 2 aromatic carbocycles. The first-order valence-electron chi connectivity index (χ1n) is 7.98. The number of hydrogen-bond acceptors (Lipinski definition) is 0. The van der Waals surface area contributed by atoms with Crippen molar-refractivity contribution in [1.29, 1.82) is 0 Å². The highest BCUT2D eigenvalue weighted by Crippen LogP contribution is 2.30. The fourth-order valence-electron chi connectivity index (χ4n) is 2.42. The molecular formula is C21H20F4. The minimum absolute atomic E-state index is 0.196. The van der Waals surface area contributed by atoms with Gasteiger partial charge in [0.2, 0.25) is 0 Å². The average molecular weight is 348 g/mol. The van der Waals surface area contributed by atoms with Gasteiger partial charge in [0.1, 0.15) is 5.82 Å². The van der Waals surface area contributed by atoms with E-state index in [1.54, 1.807) is 12.1 Å². The van der Waals surface area contributed by atoms with Crippen molar-refractivity contribution in [2.75, 3.05) is 0 Å². The maximum Gasteiger partial charge on any atom is 0.416 e. The molecule has 25 heavy (non-hydrogen) atoms. The van der Waals surface area contributed by atoms with Crippen LogP contribution in [0.15, 0.2) is 66.3 Å². The predicted octanol–water partition coefficient (Wildman–Crippen LogP) is 6.68. The van der Waals surface area contributed by atoms with Gasteiger partial charge in [-0.3, -0.25) is 0 Å². The Morgan fingerprint density at radius 3 is 2.04 bits per heavy atom. The van der Waals surface area contributed by atoms with Crippen LogP contribution in [0.4, 0.5) is 17.6 Å². The highest BCUT2D eigenvalue weighted by atomic mass is 19.4. The molecule has 0 fully saturated rings. The molecule has 132 valence electrons. The van der Waals surface area contributed by atoms with E-state index >= 15 is 0 Å². The van der Waals surface area contributed by atoms with Crippen LogP contribution in [0.3, 0.4) is 0 Å². The number of halogens is 4. The SMILES string of the molecule is C=C(/C(=C\c1ccc(F)cc1)Cc1ccc(C(F)(F)F)cc1)C(C)C. The minimum Gasteiger partial charge on any atom is -0.207 e. The maximum atomic E-state index is 13.1. The monoisotopic (exact) mass is 348 g/mol. The summed E-state index contributed by atoms with van der Waals surface area (Å²) in [4.78, 5) is 0. The maximum absolute atomic E-state index is 13.1. The first kappa shape index (κ1) is 19.0. The fourth-order valence-corrected chi connectivity index (χ4v) is 2.42. The molecule has 4 heteroatoms. The first-order chi connectivity index (χ1) is 11.7. The number of alkyl halides is 3. The normalized spacial score (nSPS) is 12.5. The molecule has 0 saturated carbocycles. The lowest BCUT2D eigenvalue weighted by Gasteiger charge is -2.15. The molecule has 0 aliphatic rings. The van der Waals surface area contributed by atoms with Crippen molar-refractivity contribution in [3.8, 4) is 0 Å². The summed E-state index contributed by atoms with van der Waals surface area (Å²) >= 11 is 0. The molecule has 0 atom stereocenters. The summed E-state index contributed by atoms with van der Waals surface area (Å²) in [6.45, 7) is 8.11. The van der Waals surface area contributed by atoms with Crippen LogP contribution in [0.2, 0.25) is 0 Å². The molecule has 0 heterocycles. The highest BCUT2D eigenvalue weighted by Gasteiger charge is 2.29. The van der Waals surface area contributed by atoms with Crippen LogP contribution in [0.25, 0.3) is 6.08 Å². The number of rotatable bonds is 5. The van der Waals surface area contributed by atoms with Crippen molar-refractivity contribution in [2.45, 2.75) is 26.4 Å². The van der Waals surface area contributed by atoms with E-state index in [1.807, 2.05) is 19.9 Å². The van der Waals surface area contributed by atoms with Crippen LogP contribution in [0.1, 0.15) is 30.5 Å². The van der Waals surface area contributed by atoms with E-state index in [9.17, 15) is 17.6 Å². The molecule has 0 unspecified atom stereocenters. The Bertz CT molecular complexity index is 748. The van der Waals surface area contributed by atoms with Crippen molar-refractivity contribution >= 4 is 6.08 Å². The largest absolute Gasteiger partial charge is 0.416 e. The van der Waals surface area contributed by atoms with Gasteiger partial charge >= 0.3 is 6.18 Å². The molecule has 0 aromatic heterocycles. The van der Waals surface area contributed by atoms with Gasteiger partial charge in [-0.05, 0) is 58.9 Å². The van der Waals surface area contributed by atoms with Crippen molar-refractivity contribution in [3.05, 3.63) is 88.8 Å². The van der Waals surface area contributed by atoms with Crippen LogP contribution < -0.4 is 0 Å². The van der Waals surface area contributed by atoms with E-state index in [-0.39, 0.29) is 11.7 Å². The zero-order chi connectivity index (χ0) is 18.6. The molecule has 0 saturated heterocycles. The Morgan fingerprint density at radius 2 is 1.56 bits per heavy atom. The Hall–Kier alpha value is -2.36. The van der Waals surface area contributed by atoms with Crippen LogP contribution >= 0.6 is 0 Å². The molecule has 2 aromatic rings. The van der Waals surface area contributed by atoms with Gasteiger partial charge < -0.3 is 0 Å². The zero-order valence-corrected chi connectivity index (χ0v) is 14.2. The molecule has 0 bridgehead atoms. The van der Waals surface area contributed by atoms with E-state index in [0.717, 1.165) is 34.4 Å². The van der Waals surface area contributed by atoms with Gasteiger partial charge in [0, 0.05) is 0 Å². The van der Waals surface area contributed by atoms with E-state index in [0.29, 0.717) is 6.42 Å². The van der Waals surface area contributed by atoms with Gasteiger partial charge in [-0.25, -0.2) is 4.39 Å². The standard InChI is InChI=1S/C21H20F4/c1-14(2)15(3)18(13-17-6-10-20(22)11-7-17)12-16-4-8-19(9-5-16)21(23,24)25/h4-11,13-14H,3,12H2,1-2H3/b18-13-. The first-order valence-corrected chi connectivity index (χ1v) is 7.98. The summed E-state index contributed by atoms with van der Waals surface area (Å²) in [6, 6.07) is 11.2. The van der Waals surface area contributed by atoms with Crippen LogP contribution in [0, 0.1) is 11.7 Å². The van der Waals surface area contributed by atoms with Gasteiger partial charge in [-0.2, -0.15) is 13.2 Å². The average Bonchev–Trinajstić information content (AvgIpc) is 2.55. The Morgan fingerprint density at radius 1 is 1.00 bits per heavy atom. The second-order valence-electron chi connectivity index (χ2n) is 6.27. The summed E-state index contributed by atoms with van der Waals surface area (Å²) < 4.78 is 51.1. The summed E-state index contributed by atoms with van der Waals surface area (Å²) in [6.07, 6.45) is -1.97. The lowest BCUT2D eigenvalue weighted by molar-refractivity contribution is -0.137. The van der Waals surface area contributed by atoms with Crippen LogP contribution in [-0.2, 0) is 12.6 Å². The van der Waals surface area contributed by atoms with E-state index in [1.165, 1.54) is 24.3 Å².